The Bertz CT molecular complexity index is 1790. The Morgan fingerprint density at radius 2 is 1.60 bits per heavy atom. The molecule has 1 atom stereocenters. The number of amides is 1. The molecule has 47 heavy (non-hydrogen) atoms. The monoisotopic (exact) mass is 670 g/mol. The molecule has 1 aliphatic heterocycles. The van der Waals surface area contributed by atoms with Gasteiger partial charge in [-0.25, -0.2) is 9.55 Å². The molecule has 1 amide bonds. The van der Waals surface area contributed by atoms with Crippen molar-refractivity contribution in [3.8, 4) is 16.7 Å². The van der Waals surface area contributed by atoms with Crippen molar-refractivity contribution in [3.05, 3.63) is 142 Å². The summed E-state index contributed by atoms with van der Waals surface area (Å²) >= 11 is 1.13. The average molecular weight is 671 g/mol. The lowest BCUT2D eigenvalue weighted by Crippen LogP contribution is -2.26. The Morgan fingerprint density at radius 1 is 0.915 bits per heavy atom. The van der Waals surface area contributed by atoms with Crippen molar-refractivity contribution in [2.45, 2.75) is 39.1 Å². The van der Waals surface area contributed by atoms with Crippen LogP contribution < -0.4 is 14.8 Å². The van der Waals surface area contributed by atoms with Crippen LogP contribution in [0.3, 0.4) is 0 Å². The number of carbonyl (C=O) groups is 1. The molecule has 11 heteroatoms. The predicted molar refractivity (Wildman–Crippen MR) is 180 cm³/mol. The van der Waals surface area contributed by atoms with Crippen LogP contribution in [0.4, 0.5) is 0 Å². The zero-order chi connectivity index (χ0) is 32.5. The molecule has 0 saturated carbocycles. The molecular weight excluding hydrogens is 635 g/mol. The van der Waals surface area contributed by atoms with E-state index in [1.54, 1.807) is 0 Å². The molecule has 242 valence electrons. The van der Waals surface area contributed by atoms with Crippen LogP contribution in [-0.4, -0.2) is 24.0 Å². The number of nitrogens with one attached hydrogen (secondary N) is 1. The van der Waals surface area contributed by atoms with Gasteiger partial charge in [-0.05, 0) is 65.8 Å². The fourth-order valence-corrected chi connectivity index (χ4v) is 6.94. The van der Waals surface area contributed by atoms with E-state index in [0.29, 0.717) is 15.8 Å². The number of phosphoric acid groups is 1. The second-order valence-electron chi connectivity index (χ2n) is 10.9. The summed E-state index contributed by atoms with van der Waals surface area (Å²) in [4.78, 5) is 17.5. The minimum Gasteiger partial charge on any atom is -0.485 e. The van der Waals surface area contributed by atoms with Gasteiger partial charge in [0.05, 0.1) is 26.0 Å². The first-order valence-corrected chi connectivity index (χ1v) is 17.6. The van der Waals surface area contributed by atoms with E-state index >= 15 is 0 Å². The van der Waals surface area contributed by atoms with Crippen molar-refractivity contribution in [2.24, 2.45) is 0 Å². The molecule has 0 radical (unpaired) electrons. The smallest absolute Gasteiger partial charge is 0.475 e. The summed E-state index contributed by atoms with van der Waals surface area (Å²) in [7, 11) is -3.94. The topological polar surface area (TPSA) is 105 Å². The minimum atomic E-state index is -3.94. The quantitative estimate of drug-likeness (QED) is 0.0925. The van der Waals surface area contributed by atoms with Gasteiger partial charge >= 0.3 is 7.82 Å². The predicted octanol–water partition coefficient (Wildman–Crippen LogP) is 8.60. The molecule has 2 heterocycles. The summed E-state index contributed by atoms with van der Waals surface area (Å²) in [6.07, 6.45) is 3.22. The molecule has 0 fully saturated rings. The maximum Gasteiger partial charge on any atom is 0.475 e. The third kappa shape index (κ3) is 8.94. The Labute approximate surface area is 278 Å². The Balaban J connectivity index is 0.993. The number of thiazole rings is 1. The van der Waals surface area contributed by atoms with E-state index in [-0.39, 0.29) is 38.4 Å². The van der Waals surface area contributed by atoms with Crippen molar-refractivity contribution in [1.29, 1.82) is 0 Å². The Kier molecular flexibility index (Phi) is 10.8. The highest BCUT2D eigenvalue weighted by Crippen LogP contribution is 2.50. The number of carbonyl (C=O) groups excluding carboxylic acids is 1. The van der Waals surface area contributed by atoms with Crippen LogP contribution in [0.2, 0.25) is 0 Å². The minimum absolute atomic E-state index is 0.0245. The lowest BCUT2D eigenvalue weighted by Gasteiger charge is -2.27. The van der Waals surface area contributed by atoms with Crippen molar-refractivity contribution >= 4 is 25.1 Å². The molecule has 9 nitrogen and oxygen atoms in total. The fraction of sp³-hybridized carbons (Fsp3) is 0.222. The van der Waals surface area contributed by atoms with Crippen molar-refractivity contribution in [1.82, 2.24) is 10.3 Å². The van der Waals surface area contributed by atoms with Gasteiger partial charge in [0.2, 0.25) is 0 Å². The van der Waals surface area contributed by atoms with Crippen LogP contribution >= 0.6 is 19.2 Å². The van der Waals surface area contributed by atoms with E-state index in [9.17, 15) is 9.36 Å². The number of rotatable bonds is 14. The summed E-state index contributed by atoms with van der Waals surface area (Å²) < 4.78 is 42.5. The standard InChI is InChI=1S/C36H35N2O7PS/c1-26-10-8-9-15-31(26)33-18-16-29-22-30(17-19-32(29)45-33)44-36-38-23-34(47-36)35(39)37-20-21-41-46(40,42-24-27-11-4-2-5-12-27)43-25-28-13-6-3-7-14-28/h2-15,17,19,22-23,33H,16,18,20-21,24-25H2,1H3,(H,37,39)/t33-/m0/s1. The molecule has 0 spiro atoms. The van der Waals surface area contributed by atoms with Gasteiger partial charge in [-0.15, -0.1) is 0 Å². The number of benzene rings is 4. The molecule has 0 unspecified atom stereocenters. The number of hydrogen-bond acceptors (Lipinski definition) is 9. The summed E-state index contributed by atoms with van der Waals surface area (Å²) in [6, 6.07) is 32.7. The first-order chi connectivity index (χ1) is 22.9. The van der Waals surface area contributed by atoms with E-state index in [1.807, 2.05) is 91.0 Å². The van der Waals surface area contributed by atoms with Crippen molar-refractivity contribution in [3.63, 3.8) is 0 Å². The van der Waals surface area contributed by atoms with E-state index in [4.69, 9.17) is 23.0 Å². The van der Waals surface area contributed by atoms with Crippen LogP contribution in [0.5, 0.6) is 16.7 Å². The van der Waals surface area contributed by atoms with E-state index < -0.39 is 7.82 Å². The van der Waals surface area contributed by atoms with Gasteiger partial charge in [0.25, 0.3) is 11.1 Å². The highest BCUT2D eigenvalue weighted by atomic mass is 32.1. The molecule has 6 rings (SSSR count). The van der Waals surface area contributed by atoms with Gasteiger partial charge in [0, 0.05) is 6.54 Å². The molecule has 0 saturated heterocycles. The molecule has 0 aliphatic carbocycles. The number of fused-ring (bicyclic) bond motifs is 1. The normalized spacial score (nSPS) is 14.2. The highest BCUT2D eigenvalue weighted by molar-refractivity contribution is 7.48. The number of phosphoric ester groups is 1. The van der Waals surface area contributed by atoms with Gasteiger partial charge in [-0.2, -0.15) is 0 Å². The number of ether oxygens (including phenoxy) is 2. The van der Waals surface area contributed by atoms with Gasteiger partial charge in [0.1, 0.15) is 22.5 Å². The van der Waals surface area contributed by atoms with Crippen molar-refractivity contribution < 1.29 is 32.4 Å². The molecule has 1 aromatic heterocycles. The Hall–Kier alpha value is -4.31. The number of aromatic nitrogens is 1. The van der Waals surface area contributed by atoms with Crippen molar-refractivity contribution in [2.75, 3.05) is 13.2 Å². The maximum atomic E-state index is 13.4. The molecule has 5 aromatic rings. The van der Waals surface area contributed by atoms with Crippen LogP contribution in [0, 0.1) is 6.92 Å². The van der Waals surface area contributed by atoms with Gasteiger partial charge in [-0.1, -0.05) is 96.3 Å². The lowest BCUT2D eigenvalue weighted by atomic mass is 9.95. The molecule has 4 aromatic carbocycles. The second kappa shape index (κ2) is 15.5. The zero-order valence-corrected chi connectivity index (χ0v) is 27.6. The second-order valence-corrected chi connectivity index (χ2v) is 13.6. The van der Waals surface area contributed by atoms with E-state index in [1.165, 1.54) is 17.3 Å². The van der Waals surface area contributed by atoms with Gasteiger partial charge < -0.3 is 14.8 Å². The van der Waals surface area contributed by atoms with Crippen LogP contribution in [-0.2, 0) is 37.8 Å². The average Bonchev–Trinajstić information content (AvgIpc) is 3.58. The number of nitrogens with zero attached hydrogens (tertiary/aromatic N) is 1. The fourth-order valence-electron chi connectivity index (χ4n) is 5.08. The first-order valence-electron chi connectivity index (χ1n) is 15.3. The number of hydrogen-bond donors (Lipinski definition) is 1. The molecule has 0 bridgehead atoms. The maximum absolute atomic E-state index is 13.4. The Morgan fingerprint density at radius 3 is 2.30 bits per heavy atom. The van der Waals surface area contributed by atoms with Gasteiger partial charge in [-0.3, -0.25) is 18.4 Å². The third-order valence-corrected chi connectivity index (χ3v) is 9.79. The van der Waals surface area contributed by atoms with Crippen LogP contribution in [0.15, 0.2) is 109 Å². The van der Waals surface area contributed by atoms with Crippen LogP contribution in [0.1, 0.15) is 50.0 Å². The third-order valence-electron chi connectivity index (χ3n) is 7.53. The molecular formula is C36H35N2O7PS. The number of aryl methyl sites for hydroxylation is 2. The van der Waals surface area contributed by atoms with Crippen LogP contribution in [0.25, 0.3) is 0 Å². The summed E-state index contributed by atoms with van der Waals surface area (Å²) in [5.74, 6) is 1.11. The highest BCUT2D eigenvalue weighted by Gasteiger charge is 2.27. The zero-order valence-electron chi connectivity index (χ0n) is 25.9. The largest absolute Gasteiger partial charge is 0.485 e. The lowest BCUT2D eigenvalue weighted by molar-refractivity contribution is 0.0902. The SMILES string of the molecule is Cc1ccccc1[C@@H]1CCc2cc(Oc3ncc(C(=O)NCCOP(=O)(OCc4ccccc4)OCc4ccccc4)s3)ccc2O1. The summed E-state index contributed by atoms with van der Waals surface area (Å²) in [5.41, 5.74) is 5.15. The van der Waals surface area contributed by atoms with Gasteiger partial charge in [0.15, 0.2) is 0 Å². The molecule has 1 aliphatic rings. The first kappa shape index (κ1) is 32.6. The molecule has 1 N–H and O–H groups in total. The van der Waals surface area contributed by atoms with E-state index in [0.717, 1.165) is 46.6 Å². The summed E-state index contributed by atoms with van der Waals surface area (Å²) in [5, 5.41) is 3.10. The van der Waals surface area contributed by atoms with E-state index in [2.05, 4.69) is 29.4 Å². The summed E-state index contributed by atoms with van der Waals surface area (Å²) in [6.45, 7) is 2.19.